The summed E-state index contributed by atoms with van der Waals surface area (Å²) in [4.78, 5) is 16.7. The van der Waals surface area contributed by atoms with Gasteiger partial charge in [0.25, 0.3) is 0 Å². The van der Waals surface area contributed by atoms with Crippen molar-refractivity contribution in [2.75, 3.05) is 5.32 Å². The zero-order valence-electron chi connectivity index (χ0n) is 14.2. The maximum atomic E-state index is 13.4. The number of nitrogens with one attached hydrogen (secondary N) is 2. The molecule has 25 heavy (non-hydrogen) atoms. The molecule has 0 bridgehead atoms. The van der Waals surface area contributed by atoms with Crippen LogP contribution in [-0.4, -0.2) is 10.9 Å². The van der Waals surface area contributed by atoms with Gasteiger partial charge in [-0.25, -0.2) is 0 Å². The summed E-state index contributed by atoms with van der Waals surface area (Å²) in [6.07, 6.45) is 3.84. The Labute approximate surface area is 155 Å². The number of para-hydroxylation sites is 1. The number of carbonyl (C=O) groups excluding carboxylic acids is 1. The topological polar surface area (TPSA) is 44.9 Å². The predicted molar refractivity (Wildman–Crippen MR) is 106 cm³/mol. The SMILES string of the molecule is C=CC(C)(C)[C@@]1(c2c[nH]c3ccc(Br)cc23)C(=O)Nc2ccccc21. The van der Waals surface area contributed by atoms with Crippen molar-refractivity contribution < 1.29 is 4.79 Å². The van der Waals surface area contributed by atoms with Crippen LogP contribution < -0.4 is 5.32 Å². The summed E-state index contributed by atoms with van der Waals surface area (Å²) in [6, 6.07) is 14.0. The van der Waals surface area contributed by atoms with E-state index in [2.05, 4.69) is 52.7 Å². The maximum absolute atomic E-state index is 13.4. The first kappa shape index (κ1) is 16.2. The Hall–Kier alpha value is -2.33. The number of hydrogen-bond acceptors (Lipinski definition) is 1. The van der Waals surface area contributed by atoms with Crippen LogP contribution in [0.5, 0.6) is 0 Å². The smallest absolute Gasteiger partial charge is 0.240 e. The molecule has 0 spiro atoms. The van der Waals surface area contributed by atoms with Crippen LogP contribution in [0.25, 0.3) is 10.9 Å². The van der Waals surface area contributed by atoms with Crippen LogP contribution in [0.3, 0.4) is 0 Å². The summed E-state index contributed by atoms with van der Waals surface area (Å²) in [5.41, 5.74) is 2.51. The van der Waals surface area contributed by atoms with Crippen LogP contribution in [0.2, 0.25) is 0 Å². The van der Waals surface area contributed by atoms with E-state index >= 15 is 0 Å². The normalized spacial score (nSPS) is 19.7. The lowest BCUT2D eigenvalue weighted by Crippen LogP contribution is -2.47. The van der Waals surface area contributed by atoms with Crippen molar-refractivity contribution in [3.05, 3.63) is 76.9 Å². The largest absolute Gasteiger partial charge is 0.361 e. The number of aromatic amines is 1. The molecule has 1 aromatic heterocycles. The highest BCUT2D eigenvalue weighted by molar-refractivity contribution is 9.10. The fraction of sp³-hybridized carbons (Fsp3) is 0.190. The minimum Gasteiger partial charge on any atom is -0.361 e. The second kappa shape index (κ2) is 5.33. The number of halogens is 1. The maximum Gasteiger partial charge on any atom is 0.240 e. The first-order valence-corrected chi connectivity index (χ1v) is 9.03. The molecular formula is C21H19BrN2O. The molecule has 3 aromatic rings. The molecular weight excluding hydrogens is 376 g/mol. The standard InChI is InChI=1S/C21H19BrN2O/c1-4-20(2,3)21(15-7-5-6-8-18(15)24-19(21)25)16-12-23-17-10-9-13(22)11-14(16)17/h4-12,23H,1H2,2-3H3,(H,24,25)/t21-/m0/s1. The second-order valence-corrected chi connectivity index (χ2v) is 7.98. The fourth-order valence-electron chi connectivity index (χ4n) is 4.07. The molecule has 0 unspecified atom stereocenters. The van der Waals surface area contributed by atoms with Gasteiger partial charge in [0.2, 0.25) is 5.91 Å². The number of carbonyl (C=O) groups is 1. The molecule has 0 aliphatic carbocycles. The number of hydrogen-bond donors (Lipinski definition) is 2. The first-order valence-electron chi connectivity index (χ1n) is 8.23. The van der Waals surface area contributed by atoms with Gasteiger partial charge in [0.1, 0.15) is 5.41 Å². The van der Waals surface area contributed by atoms with Crippen molar-refractivity contribution >= 4 is 38.4 Å². The van der Waals surface area contributed by atoms with Gasteiger partial charge in [-0.05, 0) is 35.4 Å². The van der Waals surface area contributed by atoms with Gasteiger partial charge >= 0.3 is 0 Å². The monoisotopic (exact) mass is 394 g/mol. The van der Waals surface area contributed by atoms with Crippen LogP contribution in [-0.2, 0) is 10.2 Å². The van der Waals surface area contributed by atoms with Crippen molar-refractivity contribution in [3.63, 3.8) is 0 Å². The third kappa shape index (κ3) is 2.00. The fourth-order valence-corrected chi connectivity index (χ4v) is 4.43. The van der Waals surface area contributed by atoms with Gasteiger partial charge < -0.3 is 10.3 Å². The number of anilines is 1. The molecule has 2 N–H and O–H groups in total. The number of rotatable bonds is 3. The Morgan fingerprint density at radius 2 is 1.92 bits per heavy atom. The molecule has 0 fully saturated rings. The highest BCUT2D eigenvalue weighted by Crippen LogP contribution is 2.55. The number of allylic oxidation sites excluding steroid dienone is 1. The van der Waals surface area contributed by atoms with Crippen LogP contribution in [0, 0.1) is 5.41 Å². The summed E-state index contributed by atoms with van der Waals surface area (Å²) in [7, 11) is 0. The molecule has 126 valence electrons. The van der Waals surface area contributed by atoms with E-state index in [-0.39, 0.29) is 5.91 Å². The van der Waals surface area contributed by atoms with E-state index in [1.165, 1.54) is 0 Å². The lowest BCUT2D eigenvalue weighted by Gasteiger charge is -2.40. The van der Waals surface area contributed by atoms with Crippen molar-refractivity contribution in [2.45, 2.75) is 19.3 Å². The van der Waals surface area contributed by atoms with E-state index in [0.717, 1.165) is 32.2 Å². The molecule has 4 rings (SSSR count). The average Bonchev–Trinajstić information content (AvgIpc) is 3.13. The Morgan fingerprint density at radius 1 is 1.16 bits per heavy atom. The summed E-state index contributed by atoms with van der Waals surface area (Å²) in [5, 5.41) is 4.12. The number of H-pyrrole nitrogens is 1. The Balaban J connectivity index is 2.15. The van der Waals surface area contributed by atoms with Crippen molar-refractivity contribution in [1.82, 2.24) is 4.98 Å². The lowest BCUT2D eigenvalue weighted by molar-refractivity contribution is -0.122. The van der Waals surface area contributed by atoms with E-state index in [9.17, 15) is 4.79 Å². The van der Waals surface area contributed by atoms with Crippen LogP contribution in [0.1, 0.15) is 25.0 Å². The molecule has 3 nitrogen and oxygen atoms in total. The molecule has 1 amide bonds. The summed E-state index contributed by atoms with van der Waals surface area (Å²) in [6.45, 7) is 8.17. The van der Waals surface area contributed by atoms with E-state index in [4.69, 9.17) is 0 Å². The molecule has 0 saturated heterocycles. The van der Waals surface area contributed by atoms with Crippen LogP contribution in [0.15, 0.2) is 65.8 Å². The molecule has 0 saturated carbocycles. The molecule has 1 atom stereocenters. The molecule has 2 aromatic carbocycles. The van der Waals surface area contributed by atoms with E-state index < -0.39 is 10.8 Å². The predicted octanol–water partition coefficient (Wildman–Crippen LogP) is 5.38. The summed E-state index contributed by atoms with van der Waals surface area (Å²) < 4.78 is 0.985. The zero-order valence-corrected chi connectivity index (χ0v) is 15.8. The minimum atomic E-state index is -0.843. The van der Waals surface area contributed by atoms with Gasteiger partial charge in [0.05, 0.1) is 0 Å². The zero-order chi connectivity index (χ0) is 17.8. The molecule has 4 heteroatoms. The van der Waals surface area contributed by atoms with Crippen LogP contribution >= 0.6 is 15.9 Å². The first-order chi connectivity index (χ1) is 11.9. The van der Waals surface area contributed by atoms with Crippen LogP contribution in [0.4, 0.5) is 5.69 Å². The number of benzene rings is 2. The van der Waals surface area contributed by atoms with Gasteiger partial charge in [-0.3, -0.25) is 4.79 Å². The average molecular weight is 395 g/mol. The number of fused-ring (bicyclic) bond motifs is 2. The highest BCUT2D eigenvalue weighted by atomic mass is 79.9. The molecule has 1 aliphatic rings. The van der Waals surface area contributed by atoms with Gasteiger partial charge in [0.15, 0.2) is 0 Å². The van der Waals surface area contributed by atoms with E-state index in [1.807, 2.05) is 48.7 Å². The third-order valence-corrected chi connectivity index (χ3v) is 5.94. The van der Waals surface area contributed by atoms with E-state index in [1.54, 1.807) is 0 Å². The third-order valence-electron chi connectivity index (χ3n) is 5.44. The second-order valence-electron chi connectivity index (χ2n) is 7.07. The van der Waals surface area contributed by atoms with Crippen molar-refractivity contribution in [1.29, 1.82) is 0 Å². The Morgan fingerprint density at radius 3 is 2.68 bits per heavy atom. The highest BCUT2D eigenvalue weighted by Gasteiger charge is 2.57. The van der Waals surface area contributed by atoms with Crippen molar-refractivity contribution in [2.24, 2.45) is 5.41 Å². The quantitative estimate of drug-likeness (QED) is 0.575. The van der Waals surface area contributed by atoms with Gasteiger partial charge in [-0.2, -0.15) is 0 Å². The van der Waals surface area contributed by atoms with E-state index in [0.29, 0.717) is 0 Å². The molecule has 0 radical (unpaired) electrons. The minimum absolute atomic E-state index is 0.0144. The summed E-state index contributed by atoms with van der Waals surface area (Å²) >= 11 is 3.56. The number of aromatic nitrogens is 1. The lowest BCUT2D eigenvalue weighted by atomic mass is 9.58. The van der Waals surface area contributed by atoms with Gasteiger partial charge in [-0.1, -0.05) is 54.1 Å². The molecule has 2 heterocycles. The molecule has 1 aliphatic heterocycles. The number of amides is 1. The van der Waals surface area contributed by atoms with Crippen molar-refractivity contribution in [3.8, 4) is 0 Å². The summed E-state index contributed by atoms with van der Waals surface area (Å²) in [5.74, 6) is -0.0144. The van der Waals surface area contributed by atoms with Gasteiger partial charge in [0, 0.05) is 32.7 Å². The Kier molecular flexibility index (Phi) is 3.45. The Bertz CT molecular complexity index is 1020. The van der Waals surface area contributed by atoms with Gasteiger partial charge in [-0.15, -0.1) is 6.58 Å².